The van der Waals surface area contributed by atoms with E-state index >= 15 is 0 Å². The van der Waals surface area contributed by atoms with Gasteiger partial charge in [0.25, 0.3) is 0 Å². The summed E-state index contributed by atoms with van der Waals surface area (Å²) >= 11 is 0. The first-order valence-electron chi connectivity index (χ1n) is 29.5. The molecule has 3 unspecified atom stereocenters. The molecule has 0 aliphatic rings. The number of aliphatic hydroxyl groups excluding tert-OH is 1. The van der Waals surface area contributed by atoms with Crippen LogP contribution < -0.4 is 5.32 Å². The highest BCUT2D eigenvalue weighted by atomic mass is 31.2. The number of allylic oxidation sites excluding steroid dienone is 7. The van der Waals surface area contributed by atoms with E-state index < -0.39 is 20.0 Å². The summed E-state index contributed by atoms with van der Waals surface area (Å²) in [5.74, 6) is -0.193. The summed E-state index contributed by atoms with van der Waals surface area (Å²) in [6.45, 7) is 4.82. The number of amides is 1. The van der Waals surface area contributed by atoms with Gasteiger partial charge >= 0.3 is 7.82 Å². The van der Waals surface area contributed by atoms with Crippen LogP contribution in [0.1, 0.15) is 277 Å². The van der Waals surface area contributed by atoms with Gasteiger partial charge in [-0.15, -0.1) is 0 Å². The minimum Gasteiger partial charge on any atom is -0.387 e. The van der Waals surface area contributed by atoms with Gasteiger partial charge in [0.2, 0.25) is 5.91 Å². The molecular formula is C60H116N2O6P+. The Balaban J connectivity index is 4.28. The summed E-state index contributed by atoms with van der Waals surface area (Å²) in [5.41, 5.74) is 0. The molecule has 406 valence electrons. The van der Waals surface area contributed by atoms with E-state index in [1.807, 2.05) is 27.2 Å². The lowest BCUT2D eigenvalue weighted by molar-refractivity contribution is -0.870. The van der Waals surface area contributed by atoms with Crippen LogP contribution in [0.5, 0.6) is 0 Å². The summed E-state index contributed by atoms with van der Waals surface area (Å²) in [6.07, 6.45) is 67.9. The van der Waals surface area contributed by atoms with E-state index in [1.54, 1.807) is 6.08 Å². The fourth-order valence-corrected chi connectivity index (χ4v) is 9.34. The highest BCUT2D eigenvalue weighted by Gasteiger charge is 2.27. The topological polar surface area (TPSA) is 105 Å². The molecule has 0 aliphatic heterocycles. The van der Waals surface area contributed by atoms with Gasteiger partial charge in [0.05, 0.1) is 39.9 Å². The molecule has 1 amide bonds. The summed E-state index contributed by atoms with van der Waals surface area (Å²) < 4.78 is 23.7. The normalized spacial score (nSPS) is 14.2. The van der Waals surface area contributed by atoms with Crippen molar-refractivity contribution in [3.05, 3.63) is 48.6 Å². The minimum absolute atomic E-state index is 0.0523. The Morgan fingerprint density at radius 1 is 0.478 bits per heavy atom. The van der Waals surface area contributed by atoms with E-state index in [2.05, 4.69) is 55.6 Å². The molecule has 3 N–H and O–H groups in total. The van der Waals surface area contributed by atoms with Crippen LogP contribution >= 0.6 is 7.82 Å². The minimum atomic E-state index is -4.36. The van der Waals surface area contributed by atoms with Crippen LogP contribution in [-0.4, -0.2) is 73.4 Å². The monoisotopic (exact) mass is 992 g/mol. The average Bonchev–Trinajstić information content (AvgIpc) is 3.31. The Morgan fingerprint density at radius 2 is 0.797 bits per heavy atom. The Labute approximate surface area is 429 Å². The van der Waals surface area contributed by atoms with Crippen LogP contribution in [0.2, 0.25) is 0 Å². The number of phosphoric acid groups is 1. The first kappa shape index (κ1) is 67.5. The number of carbonyl (C=O) groups excluding carboxylic acids is 1. The van der Waals surface area contributed by atoms with E-state index in [1.165, 1.54) is 212 Å². The maximum Gasteiger partial charge on any atom is 0.472 e. The summed E-state index contributed by atoms with van der Waals surface area (Å²) in [5, 5.41) is 13.9. The van der Waals surface area contributed by atoms with Gasteiger partial charge in [-0.05, 0) is 70.6 Å². The fourth-order valence-electron chi connectivity index (χ4n) is 8.60. The van der Waals surface area contributed by atoms with Crippen molar-refractivity contribution >= 4 is 13.7 Å². The van der Waals surface area contributed by atoms with Gasteiger partial charge in [-0.3, -0.25) is 13.8 Å². The molecule has 69 heavy (non-hydrogen) atoms. The number of rotatable bonds is 54. The number of hydrogen-bond acceptors (Lipinski definition) is 5. The van der Waals surface area contributed by atoms with Gasteiger partial charge in [0, 0.05) is 6.42 Å². The number of aliphatic hydroxyl groups is 1. The van der Waals surface area contributed by atoms with Gasteiger partial charge in [-0.2, -0.15) is 0 Å². The lowest BCUT2D eigenvalue weighted by Crippen LogP contribution is -2.45. The van der Waals surface area contributed by atoms with Crippen LogP contribution in [0, 0.1) is 0 Å². The Bertz CT molecular complexity index is 1260. The number of carbonyl (C=O) groups is 1. The predicted octanol–water partition coefficient (Wildman–Crippen LogP) is 17.9. The smallest absolute Gasteiger partial charge is 0.387 e. The number of likely N-dealkylation sites (N-methyl/N-ethyl adjacent to an activating group) is 1. The second kappa shape index (κ2) is 51.4. The number of phosphoric ester groups is 1. The van der Waals surface area contributed by atoms with Crippen LogP contribution in [0.25, 0.3) is 0 Å². The van der Waals surface area contributed by atoms with Crippen molar-refractivity contribution in [1.82, 2.24) is 5.32 Å². The molecular weight excluding hydrogens is 876 g/mol. The highest BCUT2D eigenvalue weighted by molar-refractivity contribution is 7.47. The van der Waals surface area contributed by atoms with E-state index in [0.717, 1.165) is 44.9 Å². The molecule has 0 fully saturated rings. The van der Waals surface area contributed by atoms with Gasteiger partial charge in [0.15, 0.2) is 0 Å². The van der Waals surface area contributed by atoms with Gasteiger partial charge in [-0.1, -0.05) is 249 Å². The number of hydrogen-bond donors (Lipinski definition) is 3. The van der Waals surface area contributed by atoms with E-state index in [0.29, 0.717) is 17.4 Å². The Morgan fingerprint density at radius 3 is 1.16 bits per heavy atom. The molecule has 0 saturated carbocycles. The Hall–Kier alpha value is -1.54. The second-order valence-corrected chi connectivity index (χ2v) is 22.8. The van der Waals surface area contributed by atoms with Crippen LogP contribution in [0.4, 0.5) is 0 Å². The third kappa shape index (κ3) is 54.1. The van der Waals surface area contributed by atoms with Gasteiger partial charge in [0.1, 0.15) is 13.2 Å². The molecule has 0 aromatic heterocycles. The molecule has 0 aromatic carbocycles. The first-order chi connectivity index (χ1) is 33.5. The zero-order valence-corrected chi connectivity index (χ0v) is 47.2. The first-order valence-corrected chi connectivity index (χ1v) is 31.0. The summed E-state index contributed by atoms with van der Waals surface area (Å²) in [7, 11) is 1.55. The molecule has 0 radical (unpaired) electrons. The zero-order valence-electron chi connectivity index (χ0n) is 46.3. The van der Waals surface area contributed by atoms with Crippen molar-refractivity contribution in [3.63, 3.8) is 0 Å². The lowest BCUT2D eigenvalue weighted by atomic mass is 10.0. The van der Waals surface area contributed by atoms with Crippen molar-refractivity contribution in [2.75, 3.05) is 40.9 Å². The van der Waals surface area contributed by atoms with E-state index in [-0.39, 0.29) is 19.1 Å². The second-order valence-electron chi connectivity index (χ2n) is 21.3. The molecule has 0 aromatic rings. The number of quaternary nitrogens is 1. The van der Waals surface area contributed by atoms with Crippen LogP contribution in [0.15, 0.2) is 48.6 Å². The van der Waals surface area contributed by atoms with Crippen molar-refractivity contribution < 1.29 is 32.9 Å². The molecule has 0 spiro atoms. The molecule has 3 atom stereocenters. The molecule has 0 rings (SSSR count). The molecule has 8 nitrogen and oxygen atoms in total. The maximum absolute atomic E-state index is 13.0. The van der Waals surface area contributed by atoms with Crippen LogP contribution in [-0.2, 0) is 18.4 Å². The third-order valence-corrected chi connectivity index (χ3v) is 14.2. The lowest BCUT2D eigenvalue weighted by Gasteiger charge is -2.25. The van der Waals surface area contributed by atoms with E-state index in [9.17, 15) is 19.4 Å². The molecule has 0 bridgehead atoms. The number of nitrogens with zero attached hydrogens (tertiary/aromatic N) is 1. The molecule has 0 saturated heterocycles. The SMILES string of the molecule is CCCCCCCCCCCCCC/C=C\CCCCCCCCCC(=O)NC(COP(=O)(O)OCC[N+](C)(C)C)C(O)/C=C/CC/C=C/CC/C=C/CCCCCCCCCCCCCCCC. The van der Waals surface area contributed by atoms with Crippen molar-refractivity contribution in [2.45, 2.75) is 289 Å². The number of unbranched alkanes of at least 4 members (excludes halogenated alkanes) is 35. The highest BCUT2D eigenvalue weighted by Crippen LogP contribution is 2.43. The molecule has 9 heteroatoms. The van der Waals surface area contributed by atoms with E-state index in [4.69, 9.17) is 9.05 Å². The molecule has 0 heterocycles. The summed E-state index contributed by atoms with van der Waals surface area (Å²) in [6, 6.07) is -0.873. The van der Waals surface area contributed by atoms with Crippen molar-refractivity contribution in [2.24, 2.45) is 0 Å². The zero-order chi connectivity index (χ0) is 50.6. The largest absolute Gasteiger partial charge is 0.472 e. The standard InChI is InChI=1S/C60H115N2O6P/c1-6-8-10-12-14-16-18-20-22-24-26-28-30-32-33-35-37-39-41-43-45-47-49-51-53-59(63)58(57-68-69(65,66)67-56-55-62(3,4)5)61-60(64)54-52-50-48-46-44-42-40-38-36-34-31-29-27-25-23-21-19-17-15-13-11-9-7-2/h34-37,43,45,51,53,58-59,63H,6-33,38-42,44,46-50,52,54-57H2,1-5H3,(H-,61,64,65,66)/p+1/b36-34-,37-35+,45-43+,53-51+. The van der Waals surface area contributed by atoms with Crippen LogP contribution in [0.3, 0.4) is 0 Å². The summed E-state index contributed by atoms with van der Waals surface area (Å²) in [4.78, 5) is 23.3. The van der Waals surface area contributed by atoms with Crippen molar-refractivity contribution in [1.29, 1.82) is 0 Å². The quantitative estimate of drug-likeness (QED) is 0.0243. The van der Waals surface area contributed by atoms with Gasteiger partial charge < -0.3 is 19.8 Å². The third-order valence-electron chi connectivity index (χ3n) is 13.2. The Kier molecular flexibility index (Phi) is 50.2. The van der Waals surface area contributed by atoms with Gasteiger partial charge in [-0.25, -0.2) is 4.57 Å². The number of nitrogens with one attached hydrogen (secondary N) is 1. The maximum atomic E-state index is 13.0. The molecule has 0 aliphatic carbocycles. The fraction of sp³-hybridized carbons (Fsp3) is 0.850. The predicted molar refractivity (Wildman–Crippen MR) is 300 cm³/mol. The van der Waals surface area contributed by atoms with Crippen molar-refractivity contribution in [3.8, 4) is 0 Å². The average molecular weight is 993 g/mol.